The van der Waals surface area contributed by atoms with Gasteiger partial charge in [0.25, 0.3) is 0 Å². The maximum absolute atomic E-state index is 13.2. The molecule has 3 aromatic rings. The standard InChI is InChI=1S/C20H19FN6OS/c21-14-4-6-15(7-5-14)27-18-16(10-25-27)19(24-13-23-18)29-11-17(28)26-20(12-22)8-2-1-3-9-20/h4-7,10,13H,1-3,8-9,11H2,(H,26,28). The predicted molar refractivity (Wildman–Crippen MR) is 107 cm³/mol. The smallest absolute Gasteiger partial charge is 0.231 e. The average Bonchev–Trinajstić information content (AvgIpc) is 3.18. The summed E-state index contributed by atoms with van der Waals surface area (Å²) in [6.07, 6.45) is 7.46. The summed E-state index contributed by atoms with van der Waals surface area (Å²) >= 11 is 1.28. The highest BCUT2D eigenvalue weighted by Gasteiger charge is 2.33. The van der Waals surface area contributed by atoms with E-state index < -0.39 is 5.54 Å². The SMILES string of the molecule is N#CC1(NC(=O)CSc2ncnc3c2cnn3-c2ccc(F)cc2)CCCCC1. The lowest BCUT2D eigenvalue weighted by molar-refractivity contribution is -0.120. The van der Waals surface area contributed by atoms with Crippen LogP contribution in [-0.4, -0.2) is 36.9 Å². The lowest BCUT2D eigenvalue weighted by atomic mass is 9.83. The van der Waals surface area contributed by atoms with Crippen LogP contribution in [0.15, 0.2) is 41.8 Å². The Bertz CT molecular complexity index is 1070. The van der Waals surface area contributed by atoms with E-state index in [0.717, 1.165) is 19.3 Å². The summed E-state index contributed by atoms with van der Waals surface area (Å²) in [5, 5.41) is 18.1. The minimum absolute atomic E-state index is 0.150. The molecule has 1 N–H and O–H groups in total. The van der Waals surface area contributed by atoms with Gasteiger partial charge in [-0.1, -0.05) is 31.0 Å². The molecule has 1 amide bonds. The number of benzene rings is 1. The van der Waals surface area contributed by atoms with Gasteiger partial charge in [0.15, 0.2) is 5.65 Å². The maximum Gasteiger partial charge on any atom is 0.231 e. The second kappa shape index (κ2) is 8.17. The molecule has 0 radical (unpaired) electrons. The number of aromatic nitrogens is 4. The Morgan fingerprint density at radius 2 is 2.00 bits per heavy atom. The number of amides is 1. The topological polar surface area (TPSA) is 96.5 Å². The number of fused-ring (bicyclic) bond motifs is 1. The van der Waals surface area contributed by atoms with Crippen molar-refractivity contribution in [3.05, 3.63) is 42.6 Å². The molecule has 0 bridgehead atoms. The van der Waals surface area contributed by atoms with Crippen LogP contribution >= 0.6 is 11.8 Å². The molecule has 0 atom stereocenters. The molecule has 1 aliphatic carbocycles. The molecule has 0 unspecified atom stereocenters. The molecule has 2 aromatic heterocycles. The molecule has 1 aromatic carbocycles. The van der Waals surface area contributed by atoms with E-state index in [9.17, 15) is 14.4 Å². The number of rotatable bonds is 5. The molecule has 9 heteroatoms. The van der Waals surface area contributed by atoms with Gasteiger partial charge in [-0.25, -0.2) is 19.0 Å². The largest absolute Gasteiger partial charge is 0.337 e. The van der Waals surface area contributed by atoms with Crippen molar-refractivity contribution in [1.82, 2.24) is 25.1 Å². The van der Waals surface area contributed by atoms with Crippen LogP contribution in [0.2, 0.25) is 0 Å². The van der Waals surface area contributed by atoms with Crippen LogP contribution in [-0.2, 0) is 4.79 Å². The Kier molecular flexibility index (Phi) is 5.45. The lowest BCUT2D eigenvalue weighted by Gasteiger charge is -2.31. The van der Waals surface area contributed by atoms with Crippen molar-refractivity contribution in [3.8, 4) is 11.8 Å². The molecule has 0 spiro atoms. The number of carbonyl (C=O) groups excluding carboxylic acids is 1. The van der Waals surface area contributed by atoms with Gasteiger partial charge in [0.2, 0.25) is 5.91 Å². The molecule has 148 valence electrons. The molecule has 0 aliphatic heterocycles. The fourth-order valence-electron chi connectivity index (χ4n) is 3.57. The van der Waals surface area contributed by atoms with E-state index in [0.29, 0.717) is 34.6 Å². The molecule has 1 aliphatic rings. The summed E-state index contributed by atoms with van der Waals surface area (Å²) in [6.45, 7) is 0. The van der Waals surface area contributed by atoms with Crippen molar-refractivity contribution in [3.63, 3.8) is 0 Å². The summed E-state index contributed by atoms with van der Waals surface area (Å²) in [6, 6.07) is 8.26. The first-order chi connectivity index (χ1) is 14.1. The second-order valence-corrected chi connectivity index (χ2v) is 8.00. The minimum atomic E-state index is -0.746. The number of hydrogen-bond donors (Lipinski definition) is 1. The summed E-state index contributed by atoms with van der Waals surface area (Å²) < 4.78 is 14.8. The zero-order valence-electron chi connectivity index (χ0n) is 15.6. The highest BCUT2D eigenvalue weighted by atomic mass is 32.2. The second-order valence-electron chi connectivity index (χ2n) is 7.04. The predicted octanol–water partition coefficient (Wildman–Crippen LogP) is 3.39. The van der Waals surface area contributed by atoms with Gasteiger partial charge in [0.1, 0.15) is 22.7 Å². The molecule has 0 saturated heterocycles. The van der Waals surface area contributed by atoms with E-state index in [2.05, 4.69) is 26.5 Å². The summed E-state index contributed by atoms with van der Waals surface area (Å²) in [4.78, 5) is 21.0. The molecule has 1 saturated carbocycles. The van der Waals surface area contributed by atoms with E-state index in [4.69, 9.17) is 0 Å². The third-order valence-corrected chi connectivity index (χ3v) is 6.05. The van der Waals surface area contributed by atoms with Crippen LogP contribution < -0.4 is 5.32 Å². The first kappa shape index (κ1) is 19.3. The Hall–Kier alpha value is -2.99. The van der Waals surface area contributed by atoms with E-state index in [-0.39, 0.29) is 17.5 Å². The van der Waals surface area contributed by atoms with Gasteiger partial charge in [-0.05, 0) is 37.1 Å². The third-order valence-electron chi connectivity index (χ3n) is 5.04. The van der Waals surface area contributed by atoms with Crippen LogP contribution in [0.5, 0.6) is 0 Å². The number of halogens is 1. The zero-order chi connectivity index (χ0) is 20.3. The molecular formula is C20H19FN6OS. The highest BCUT2D eigenvalue weighted by Crippen LogP contribution is 2.29. The quantitative estimate of drug-likeness (QED) is 0.512. The Morgan fingerprint density at radius 1 is 1.24 bits per heavy atom. The molecule has 29 heavy (non-hydrogen) atoms. The van der Waals surface area contributed by atoms with Gasteiger partial charge in [0.05, 0.1) is 29.1 Å². The first-order valence-corrected chi connectivity index (χ1v) is 10.4. The van der Waals surface area contributed by atoms with Crippen LogP contribution in [0, 0.1) is 17.1 Å². The van der Waals surface area contributed by atoms with E-state index in [1.54, 1.807) is 23.0 Å². The summed E-state index contributed by atoms with van der Waals surface area (Å²) in [5.74, 6) is -0.358. The number of nitriles is 1. The molecule has 1 fully saturated rings. The van der Waals surface area contributed by atoms with Crippen molar-refractivity contribution < 1.29 is 9.18 Å². The van der Waals surface area contributed by atoms with Crippen molar-refractivity contribution >= 4 is 28.7 Å². The Labute approximate surface area is 171 Å². The van der Waals surface area contributed by atoms with Crippen LogP contribution in [0.3, 0.4) is 0 Å². The van der Waals surface area contributed by atoms with E-state index in [1.165, 1.54) is 30.2 Å². The average molecular weight is 410 g/mol. The van der Waals surface area contributed by atoms with Crippen LogP contribution in [0.25, 0.3) is 16.7 Å². The number of thioether (sulfide) groups is 1. The van der Waals surface area contributed by atoms with Gasteiger partial charge < -0.3 is 5.32 Å². The van der Waals surface area contributed by atoms with Crippen molar-refractivity contribution in [2.75, 3.05) is 5.75 Å². The third kappa shape index (κ3) is 4.07. The Balaban J connectivity index is 1.49. The molecule has 2 heterocycles. The number of nitrogens with one attached hydrogen (secondary N) is 1. The lowest BCUT2D eigenvalue weighted by Crippen LogP contribution is -2.49. The highest BCUT2D eigenvalue weighted by molar-refractivity contribution is 8.00. The zero-order valence-corrected chi connectivity index (χ0v) is 16.5. The molecule has 7 nitrogen and oxygen atoms in total. The van der Waals surface area contributed by atoms with Crippen LogP contribution in [0.4, 0.5) is 4.39 Å². The first-order valence-electron chi connectivity index (χ1n) is 9.40. The summed E-state index contributed by atoms with van der Waals surface area (Å²) in [5.41, 5.74) is 0.516. The minimum Gasteiger partial charge on any atom is -0.337 e. The molecular weight excluding hydrogens is 391 g/mol. The van der Waals surface area contributed by atoms with E-state index in [1.807, 2.05) is 0 Å². The van der Waals surface area contributed by atoms with E-state index >= 15 is 0 Å². The monoisotopic (exact) mass is 410 g/mol. The fraction of sp³-hybridized carbons (Fsp3) is 0.350. The number of nitrogens with zero attached hydrogens (tertiary/aromatic N) is 5. The van der Waals surface area contributed by atoms with Crippen LogP contribution in [0.1, 0.15) is 32.1 Å². The maximum atomic E-state index is 13.2. The van der Waals surface area contributed by atoms with Gasteiger partial charge in [-0.2, -0.15) is 10.4 Å². The normalized spacial score (nSPS) is 15.7. The van der Waals surface area contributed by atoms with Crippen molar-refractivity contribution in [2.45, 2.75) is 42.7 Å². The Morgan fingerprint density at radius 3 is 2.72 bits per heavy atom. The van der Waals surface area contributed by atoms with Crippen molar-refractivity contribution in [1.29, 1.82) is 5.26 Å². The fourth-order valence-corrected chi connectivity index (χ4v) is 4.33. The van der Waals surface area contributed by atoms with Gasteiger partial charge in [-0.3, -0.25) is 4.79 Å². The van der Waals surface area contributed by atoms with Crippen molar-refractivity contribution in [2.24, 2.45) is 0 Å². The number of carbonyl (C=O) groups is 1. The molecule has 4 rings (SSSR count). The van der Waals surface area contributed by atoms with Gasteiger partial charge in [-0.15, -0.1) is 0 Å². The van der Waals surface area contributed by atoms with Gasteiger partial charge in [0, 0.05) is 0 Å². The summed E-state index contributed by atoms with van der Waals surface area (Å²) in [7, 11) is 0. The van der Waals surface area contributed by atoms with Gasteiger partial charge >= 0.3 is 0 Å². The number of hydrogen-bond acceptors (Lipinski definition) is 6.